The average Bonchev–Trinajstić information content (AvgIpc) is 2.78. The van der Waals surface area contributed by atoms with Crippen LogP contribution in [0.3, 0.4) is 0 Å². The van der Waals surface area contributed by atoms with Gasteiger partial charge in [-0.25, -0.2) is 0 Å². The van der Waals surface area contributed by atoms with Gasteiger partial charge in [-0.15, -0.1) is 0 Å². The second kappa shape index (κ2) is 10.3. The Morgan fingerprint density at radius 1 is 0.812 bits per heavy atom. The molecule has 180 valence electrons. The van der Waals surface area contributed by atoms with Crippen LogP contribution in [0.25, 0.3) is 0 Å². The number of ether oxygens (including phenoxy) is 4. The Hall–Kier alpha value is -1.98. The standard InChI is InChI=1S/C18H25NO13/c20-5-9-11(22)13(24)15(26)17(30-9)32-16-14(25)12(23)10(6-21)31-18(16)29-8-3-1-7(2-4-8)19(27)28/h1-4,9-18,20-26H,5-6H2/t9-,10-,11-,12-,13+,14+,15+,16+,17+,18+/m1/s1. The Morgan fingerprint density at radius 3 is 1.88 bits per heavy atom. The van der Waals surface area contributed by atoms with Crippen molar-refractivity contribution in [1.29, 1.82) is 0 Å². The molecule has 0 spiro atoms. The predicted molar refractivity (Wildman–Crippen MR) is 100 cm³/mol. The quantitative estimate of drug-likeness (QED) is 0.155. The summed E-state index contributed by atoms with van der Waals surface area (Å²) in [4.78, 5) is 10.2. The molecule has 14 heteroatoms. The minimum atomic E-state index is -1.80. The summed E-state index contributed by atoms with van der Waals surface area (Å²) in [5.41, 5.74) is -0.209. The van der Waals surface area contributed by atoms with Gasteiger partial charge in [0.25, 0.3) is 5.69 Å². The third-order valence-electron chi connectivity index (χ3n) is 5.26. The molecule has 7 N–H and O–H groups in total. The molecule has 2 heterocycles. The van der Waals surface area contributed by atoms with E-state index in [9.17, 15) is 45.9 Å². The summed E-state index contributed by atoms with van der Waals surface area (Å²) in [6.07, 6.45) is -15.8. The molecule has 1 aromatic carbocycles. The van der Waals surface area contributed by atoms with Gasteiger partial charge in [0.2, 0.25) is 6.29 Å². The van der Waals surface area contributed by atoms with Crippen molar-refractivity contribution in [3.8, 4) is 5.75 Å². The van der Waals surface area contributed by atoms with Crippen molar-refractivity contribution in [2.24, 2.45) is 0 Å². The minimum Gasteiger partial charge on any atom is -0.462 e. The molecule has 10 atom stereocenters. The second-order valence-electron chi connectivity index (χ2n) is 7.37. The molecule has 0 aromatic heterocycles. The summed E-state index contributed by atoms with van der Waals surface area (Å²) in [5, 5.41) is 80.3. The smallest absolute Gasteiger partial charge is 0.269 e. The molecule has 0 unspecified atom stereocenters. The number of nitro groups is 1. The minimum absolute atomic E-state index is 0.0586. The van der Waals surface area contributed by atoms with Crippen LogP contribution in [0.2, 0.25) is 0 Å². The van der Waals surface area contributed by atoms with Crippen LogP contribution in [0, 0.1) is 10.1 Å². The summed E-state index contributed by atoms with van der Waals surface area (Å²) in [6, 6.07) is 4.80. The van der Waals surface area contributed by atoms with E-state index in [1.54, 1.807) is 0 Å². The van der Waals surface area contributed by atoms with Gasteiger partial charge >= 0.3 is 0 Å². The van der Waals surface area contributed by atoms with Crippen molar-refractivity contribution in [1.82, 2.24) is 0 Å². The number of nitro benzene ring substituents is 1. The summed E-state index contributed by atoms with van der Waals surface area (Å²) >= 11 is 0. The highest BCUT2D eigenvalue weighted by molar-refractivity contribution is 5.36. The zero-order valence-electron chi connectivity index (χ0n) is 16.5. The molecule has 0 amide bonds. The van der Waals surface area contributed by atoms with E-state index in [0.717, 1.165) is 12.1 Å². The maximum Gasteiger partial charge on any atom is 0.269 e. The van der Waals surface area contributed by atoms with Gasteiger partial charge in [0.15, 0.2) is 12.4 Å². The van der Waals surface area contributed by atoms with E-state index in [-0.39, 0.29) is 11.4 Å². The van der Waals surface area contributed by atoms with Gasteiger partial charge in [-0.2, -0.15) is 0 Å². The van der Waals surface area contributed by atoms with Crippen molar-refractivity contribution in [3.63, 3.8) is 0 Å². The molecule has 2 saturated heterocycles. The third kappa shape index (κ3) is 4.99. The number of non-ortho nitro benzene ring substituents is 1. The van der Waals surface area contributed by atoms with Crippen molar-refractivity contribution in [3.05, 3.63) is 34.4 Å². The van der Waals surface area contributed by atoms with Gasteiger partial charge in [0, 0.05) is 12.1 Å². The van der Waals surface area contributed by atoms with Gasteiger partial charge in [0.05, 0.1) is 18.1 Å². The first-order chi connectivity index (χ1) is 15.2. The maximum atomic E-state index is 10.8. The van der Waals surface area contributed by atoms with E-state index in [1.165, 1.54) is 12.1 Å². The monoisotopic (exact) mass is 463 g/mol. The van der Waals surface area contributed by atoms with Crippen LogP contribution in [0.15, 0.2) is 24.3 Å². The number of hydrogen-bond donors (Lipinski definition) is 7. The lowest BCUT2D eigenvalue weighted by Gasteiger charge is -2.45. The number of benzene rings is 1. The van der Waals surface area contributed by atoms with E-state index in [1.807, 2.05) is 0 Å². The van der Waals surface area contributed by atoms with E-state index in [0.29, 0.717) is 0 Å². The van der Waals surface area contributed by atoms with Crippen molar-refractivity contribution >= 4 is 5.69 Å². The van der Waals surface area contributed by atoms with E-state index >= 15 is 0 Å². The van der Waals surface area contributed by atoms with E-state index < -0.39 is 79.5 Å². The Kier molecular flexibility index (Phi) is 7.94. The maximum absolute atomic E-state index is 10.8. The first-order valence-corrected chi connectivity index (χ1v) is 9.67. The number of rotatable bonds is 7. The molecule has 14 nitrogen and oxygen atoms in total. The van der Waals surface area contributed by atoms with Gasteiger partial charge in [0.1, 0.15) is 48.5 Å². The molecule has 32 heavy (non-hydrogen) atoms. The Balaban J connectivity index is 1.81. The molecule has 2 aliphatic heterocycles. The van der Waals surface area contributed by atoms with E-state index in [2.05, 4.69) is 0 Å². The SMILES string of the molecule is O=[N+]([O-])c1ccc(O[C@H]2O[C@H](CO)[C@@H](O)[C@H](O)[C@@H]2O[C@@H]2O[C@H](CO)[C@@H](O)[C@H](O)[C@@H]2O)cc1. The number of nitrogens with zero attached hydrogens (tertiary/aromatic N) is 1. The molecule has 0 bridgehead atoms. The van der Waals surface area contributed by atoms with Gasteiger partial charge < -0.3 is 54.7 Å². The van der Waals surface area contributed by atoms with Crippen LogP contribution in [0.4, 0.5) is 5.69 Å². The fourth-order valence-electron chi connectivity index (χ4n) is 3.41. The first-order valence-electron chi connectivity index (χ1n) is 9.67. The molecular weight excluding hydrogens is 438 g/mol. The fourth-order valence-corrected chi connectivity index (χ4v) is 3.41. The number of aliphatic hydroxyl groups is 7. The zero-order valence-corrected chi connectivity index (χ0v) is 16.5. The van der Waals surface area contributed by atoms with Crippen molar-refractivity contribution < 1.29 is 59.6 Å². The Morgan fingerprint density at radius 2 is 1.34 bits per heavy atom. The van der Waals surface area contributed by atoms with Crippen LogP contribution >= 0.6 is 0 Å². The summed E-state index contributed by atoms with van der Waals surface area (Å²) in [7, 11) is 0. The van der Waals surface area contributed by atoms with Crippen LogP contribution in [0.5, 0.6) is 5.75 Å². The molecule has 0 aliphatic carbocycles. The second-order valence-corrected chi connectivity index (χ2v) is 7.37. The summed E-state index contributed by atoms with van der Waals surface area (Å²) in [6.45, 7) is -1.41. The van der Waals surface area contributed by atoms with E-state index in [4.69, 9.17) is 18.9 Å². The van der Waals surface area contributed by atoms with Gasteiger partial charge in [-0.3, -0.25) is 10.1 Å². The largest absolute Gasteiger partial charge is 0.462 e. The normalized spacial score (nSPS) is 40.1. The topological polar surface area (TPSA) is 222 Å². The van der Waals surface area contributed by atoms with Crippen LogP contribution < -0.4 is 4.74 Å². The van der Waals surface area contributed by atoms with Crippen LogP contribution in [-0.4, -0.2) is 115 Å². The van der Waals surface area contributed by atoms with Gasteiger partial charge in [-0.05, 0) is 12.1 Å². The highest BCUT2D eigenvalue weighted by Crippen LogP contribution is 2.31. The molecule has 2 fully saturated rings. The summed E-state index contributed by atoms with van der Waals surface area (Å²) < 4.78 is 21.8. The fraction of sp³-hybridized carbons (Fsp3) is 0.667. The van der Waals surface area contributed by atoms with Crippen molar-refractivity contribution in [2.45, 2.75) is 61.4 Å². The predicted octanol–water partition coefficient (Wildman–Crippen LogP) is -3.40. The lowest BCUT2D eigenvalue weighted by Crippen LogP contribution is -2.65. The van der Waals surface area contributed by atoms with Gasteiger partial charge in [-0.1, -0.05) is 0 Å². The Bertz CT molecular complexity index is 762. The molecule has 0 saturated carbocycles. The van der Waals surface area contributed by atoms with Crippen LogP contribution in [-0.2, 0) is 14.2 Å². The molecule has 2 aliphatic rings. The lowest BCUT2D eigenvalue weighted by atomic mass is 9.97. The molecular formula is C18H25NO13. The molecule has 0 radical (unpaired) electrons. The number of aliphatic hydroxyl groups excluding tert-OH is 7. The highest BCUT2D eigenvalue weighted by Gasteiger charge is 2.51. The van der Waals surface area contributed by atoms with Crippen molar-refractivity contribution in [2.75, 3.05) is 13.2 Å². The first kappa shape index (κ1) is 24.7. The Labute approximate surface area is 180 Å². The average molecular weight is 463 g/mol. The van der Waals surface area contributed by atoms with Crippen LogP contribution in [0.1, 0.15) is 0 Å². The lowest BCUT2D eigenvalue weighted by molar-refractivity contribution is -0.384. The number of hydrogen-bond acceptors (Lipinski definition) is 13. The zero-order chi connectivity index (χ0) is 23.6. The highest BCUT2D eigenvalue weighted by atomic mass is 16.8. The molecule has 1 aromatic rings. The summed E-state index contributed by atoms with van der Waals surface area (Å²) in [5.74, 6) is 0.0586. The third-order valence-corrected chi connectivity index (χ3v) is 5.26. The molecule has 3 rings (SSSR count).